The lowest BCUT2D eigenvalue weighted by Gasteiger charge is -2.40. The quantitative estimate of drug-likeness (QED) is 0.157. The molecule has 1 fully saturated rings. The fraction of sp³-hybridized carbons (Fsp3) is 0.333. The molecule has 0 spiro atoms. The topological polar surface area (TPSA) is 104 Å². The Hall–Kier alpha value is -4.07. The minimum Gasteiger partial charge on any atom is -0.492 e. The summed E-state index contributed by atoms with van der Waals surface area (Å²) < 4.78 is 7.59. The van der Waals surface area contributed by atoms with Crippen LogP contribution in [0.15, 0.2) is 67.0 Å². The summed E-state index contributed by atoms with van der Waals surface area (Å²) in [6.07, 6.45) is 5.55. The van der Waals surface area contributed by atoms with Crippen LogP contribution in [0.4, 0.5) is 17.1 Å². The van der Waals surface area contributed by atoms with Gasteiger partial charge in [0.25, 0.3) is 0 Å². The van der Waals surface area contributed by atoms with E-state index >= 15 is 0 Å². The average Bonchev–Trinajstić information content (AvgIpc) is 3.56. The molecule has 5 aromatic rings. The third-order valence-electron chi connectivity index (χ3n) is 8.67. The number of benzene rings is 3. The highest BCUT2D eigenvalue weighted by Crippen LogP contribution is 2.38. The highest BCUT2D eigenvalue weighted by molar-refractivity contribution is 6.36. The summed E-state index contributed by atoms with van der Waals surface area (Å²) >= 11 is 19.6. The number of nitrogens with zero attached hydrogens (tertiary/aromatic N) is 6. The Morgan fingerprint density at radius 2 is 1.73 bits per heavy atom. The van der Waals surface area contributed by atoms with E-state index in [0.717, 1.165) is 37.2 Å². The molecule has 0 aliphatic carbocycles. The zero-order valence-corrected chi connectivity index (χ0v) is 29.5. The maximum Gasteiger partial charge on any atom is 0.138 e. The van der Waals surface area contributed by atoms with Crippen molar-refractivity contribution in [3.8, 4) is 11.8 Å². The van der Waals surface area contributed by atoms with Crippen molar-refractivity contribution in [3.63, 3.8) is 0 Å². The molecule has 1 unspecified atom stereocenters. The van der Waals surface area contributed by atoms with Crippen molar-refractivity contribution < 1.29 is 4.74 Å². The summed E-state index contributed by atoms with van der Waals surface area (Å²) in [7, 11) is 0. The van der Waals surface area contributed by atoms with Gasteiger partial charge < -0.3 is 15.4 Å². The van der Waals surface area contributed by atoms with Gasteiger partial charge >= 0.3 is 0 Å². The molecule has 1 saturated heterocycles. The maximum atomic E-state index is 10.0. The van der Waals surface area contributed by atoms with Gasteiger partial charge in [-0.3, -0.25) is 9.88 Å². The van der Waals surface area contributed by atoms with Gasteiger partial charge in [0.1, 0.15) is 17.5 Å². The van der Waals surface area contributed by atoms with Crippen molar-refractivity contribution in [2.75, 3.05) is 30.3 Å². The number of anilines is 3. The van der Waals surface area contributed by atoms with Crippen LogP contribution in [0.3, 0.4) is 0 Å². The third kappa shape index (κ3) is 7.32. The van der Waals surface area contributed by atoms with Gasteiger partial charge in [-0.2, -0.15) is 5.26 Å². The number of hydrogen-bond acceptors (Lipinski definition) is 8. The molecule has 1 atom stereocenters. The van der Waals surface area contributed by atoms with Gasteiger partial charge in [0.15, 0.2) is 0 Å². The summed E-state index contributed by atoms with van der Waals surface area (Å²) in [6.45, 7) is 11.2. The second-order valence-electron chi connectivity index (χ2n) is 12.9. The first-order valence-electron chi connectivity index (χ1n) is 15.9. The average molecular weight is 704 g/mol. The van der Waals surface area contributed by atoms with E-state index in [4.69, 9.17) is 39.5 Å². The number of rotatable bonds is 9. The Bertz CT molecular complexity index is 1960. The minimum atomic E-state index is -0.368. The molecule has 12 heteroatoms. The van der Waals surface area contributed by atoms with Gasteiger partial charge in [-0.1, -0.05) is 52.1 Å². The van der Waals surface area contributed by atoms with Crippen LogP contribution in [0.25, 0.3) is 10.9 Å². The van der Waals surface area contributed by atoms with E-state index in [-0.39, 0.29) is 17.6 Å². The smallest absolute Gasteiger partial charge is 0.138 e. The maximum absolute atomic E-state index is 10.0. The van der Waals surface area contributed by atoms with Crippen LogP contribution in [0, 0.1) is 11.3 Å². The molecule has 6 rings (SSSR count). The molecule has 248 valence electrons. The van der Waals surface area contributed by atoms with Crippen molar-refractivity contribution in [3.05, 3.63) is 98.9 Å². The molecule has 1 aliphatic rings. The summed E-state index contributed by atoms with van der Waals surface area (Å²) in [4.78, 5) is 7.04. The van der Waals surface area contributed by atoms with E-state index in [1.165, 1.54) is 6.20 Å². The number of pyridine rings is 1. The van der Waals surface area contributed by atoms with Gasteiger partial charge in [0.2, 0.25) is 0 Å². The normalized spacial score (nSPS) is 14.9. The summed E-state index contributed by atoms with van der Waals surface area (Å²) in [5.41, 5.74) is 4.73. The Labute approximate surface area is 295 Å². The van der Waals surface area contributed by atoms with Crippen LogP contribution >= 0.6 is 34.8 Å². The predicted molar refractivity (Wildman–Crippen MR) is 194 cm³/mol. The first-order valence-corrected chi connectivity index (χ1v) is 17.1. The van der Waals surface area contributed by atoms with Crippen molar-refractivity contribution in [1.29, 1.82) is 5.26 Å². The van der Waals surface area contributed by atoms with E-state index in [9.17, 15) is 5.26 Å². The molecule has 48 heavy (non-hydrogen) atoms. The SMILES string of the molecule is CCOc1ccc(Nc2c(C#N)cnc3c(Cl)cc(NC(c4ccc(Cl)cc4)c4cn(C5CCN(C(C)(C)C)CC5)nn4)cc23)cc1Cl. The standard InChI is InChI=1S/C36H37Cl3N8O/c1-5-48-32-11-10-25(17-29(32)38)42-33-23(19-40)20-41-35-28(33)16-26(18-30(35)39)43-34(22-6-8-24(37)9-7-22)31-21-47(45-44-31)27-12-14-46(15-13-27)36(2,3)4/h6-11,16-18,20-21,27,34,43H,5,12-15H2,1-4H3,(H,41,42). The number of nitrogens with one attached hydrogen (secondary N) is 2. The van der Waals surface area contributed by atoms with E-state index in [1.807, 2.05) is 60.3 Å². The van der Waals surface area contributed by atoms with Crippen molar-refractivity contribution in [2.45, 2.75) is 58.2 Å². The molecular formula is C36H37Cl3N8O. The number of nitriles is 1. The number of halogens is 3. The second-order valence-corrected chi connectivity index (χ2v) is 14.1. The molecule has 2 aromatic heterocycles. The summed E-state index contributed by atoms with van der Waals surface area (Å²) in [5.74, 6) is 0.583. The Morgan fingerprint density at radius 1 is 1.00 bits per heavy atom. The molecule has 1 aliphatic heterocycles. The number of piperidine rings is 1. The zero-order chi connectivity index (χ0) is 34.0. The van der Waals surface area contributed by atoms with Crippen molar-refractivity contribution in [1.82, 2.24) is 24.9 Å². The monoisotopic (exact) mass is 702 g/mol. The van der Waals surface area contributed by atoms with Crippen LogP contribution in [0.2, 0.25) is 15.1 Å². The van der Waals surface area contributed by atoms with Crippen LogP contribution in [-0.2, 0) is 0 Å². The fourth-order valence-corrected chi connectivity index (χ4v) is 6.74. The molecule has 3 heterocycles. The minimum absolute atomic E-state index is 0.142. The molecule has 3 aromatic carbocycles. The van der Waals surface area contributed by atoms with Gasteiger partial charge in [0.05, 0.1) is 51.7 Å². The van der Waals surface area contributed by atoms with Crippen LogP contribution in [0.5, 0.6) is 5.75 Å². The largest absolute Gasteiger partial charge is 0.492 e. The Balaban J connectivity index is 1.35. The fourth-order valence-electron chi connectivity index (χ4n) is 6.11. The van der Waals surface area contributed by atoms with Crippen molar-refractivity contribution >= 4 is 62.8 Å². The molecule has 0 radical (unpaired) electrons. The zero-order valence-electron chi connectivity index (χ0n) is 27.3. The van der Waals surface area contributed by atoms with E-state index in [0.29, 0.717) is 61.0 Å². The molecule has 0 saturated carbocycles. The lowest BCUT2D eigenvalue weighted by molar-refractivity contribution is 0.0866. The molecular weight excluding hydrogens is 667 g/mol. The first-order chi connectivity index (χ1) is 23.0. The predicted octanol–water partition coefficient (Wildman–Crippen LogP) is 9.44. The molecule has 0 amide bonds. The number of fused-ring (bicyclic) bond motifs is 1. The Morgan fingerprint density at radius 3 is 2.40 bits per heavy atom. The second kappa shape index (κ2) is 14.2. The van der Waals surface area contributed by atoms with Gasteiger partial charge in [0, 0.05) is 46.6 Å². The Kier molecular flexibility index (Phi) is 10.00. The lowest BCUT2D eigenvalue weighted by atomic mass is 9.98. The van der Waals surface area contributed by atoms with Crippen LogP contribution in [0.1, 0.15) is 69.4 Å². The highest BCUT2D eigenvalue weighted by Gasteiger charge is 2.29. The van der Waals surface area contributed by atoms with E-state index < -0.39 is 0 Å². The third-order valence-corrected chi connectivity index (χ3v) is 9.51. The highest BCUT2D eigenvalue weighted by atomic mass is 35.5. The first kappa shape index (κ1) is 33.8. The lowest BCUT2D eigenvalue weighted by Crippen LogP contribution is -2.46. The molecule has 0 bridgehead atoms. The number of hydrogen-bond donors (Lipinski definition) is 2. The van der Waals surface area contributed by atoms with E-state index in [1.54, 1.807) is 12.1 Å². The van der Waals surface area contributed by atoms with E-state index in [2.05, 4.69) is 57.7 Å². The number of ether oxygens (including phenoxy) is 1. The summed E-state index contributed by atoms with van der Waals surface area (Å²) in [6, 6.07) is 19.0. The number of aromatic nitrogens is 4. The molecule has 9 nitrogen and oxygen atoms in total. The van der Waals surface area contributed by atoms with Crippen LogP contribution < -0.4 is 15.4 Å². The van der Waals surface area contributed by atoms with Crippen molar-refractivity contribution in [2.24, 2.45) is 0 Å². The summed E-state index contributed by atoms with van der Waals surface area (Å²) in [5, 5.41) is 28.5. The van der Waals surface area contributed by atoms with Gasteiger partial charge in [-0.05, 0) is 88.6 Å². The van der Waals surface area contributed by atoms with Gasteiger partial charge in [-0.25, -0.2) is 4.68 Å². The number of likely N-dealkylation sites (tertiary alicyclic amines) is 1. The van der Waals surface area contributed by atoms with Crippen LogP contribution in [-0.4, -0.2) is 50.1 Å². The van der Waals surface area contributed by atoms with Gasteiger partial charge in [-0.15, -0.1) is 5.10 Å². The molecule has 2 N–H and O–H groups in total.